The Morgan fingerprint density at radius 1 is 1.54 bits per heavy atom. The Bertz CT molecular complexity index is 182. The molecule has 1 unspecified atom stereocenters. The van der Waals surface area contributed by atoms with Gasteiger partial charge in [0.05, 0.1) is 6.54 Å². The Morgan fingerprint density at radius 2 is 2.31 bits per heavy atom. The third kappa shape index (κ3) is 3.22. The van der Waals surface area contributed by atoms with Gasteiger partial charge in [-0.1, -0.05) is 18.0 Å². The van der Waals surface area contributed by atoms with Crippen molar-refractivity contribution in [2.45, 2.75) is 38.6 Å². The first-order valence-corrected chi connectivity index (χ1v) is 4.94. The van der Waals surface area contributed by atoms with Gasteiger partial charge >= 0.3 is 0 Å². The molecule has 0 aromatic heterocycles. The highest BCUT2D eigenvalue weighted by Crippen LogP contribution is 2.15. The molecule has 3 N–H and O–H groups in total. The summed E-state index contributed by atoms with van der Waals surface area (Å²) in [7, 11) is 0. The maximum Gasteiger partial charge on any atom is 0.153 e. The van der Waals surface area contributed by atoms with Crippen molar-refractivity contribution in [2.24, 2.45) is 10.9 Å². The standard InChI is InChI=1S/C9H19N3O/c1-8-5-3-2-4-6-12(8)7-9(10)11-13/h8,13H,2-7H2,1H3,(H2,10,11). The van der Waals surface area contributed by atoms with Crippen LogP contribution in [-0.4, -0.2) is 35.1 Å². The van der Waals surface area contributed by atoms with E-state index in [1.807, 2.05) is 0 Å². The molecule has 1 aliphatic heterocycles. The van der Waals surface area contributed by atoms with Gasteiger partial charge in [-0.3, -0.25) is 4.90 Å². The van der Waals surface area contributed by atoms with Gasteiger partial charge in [0.2, 0.25) is 0 Å². The van der Waals surface area contributed by atoms with Gasteiger partial charge in [0, 0.05) is 6.04 Å². The average Bonchev–Trinajstić information content (AvgIpc) is 2.32. The SMILES string of the molecule is CC1CCCCCN1CC(N)=NO. The second-order valence-corrected chi connectivity index (χ2v) is 3.76. The maximum absolute atomic E-state index is 8.46. The maximum atomic E-state index is 8.46. The van der Waals surface area contributed by atoms with Gasteiger partial charge in [0.25, 0.3) is 0 Å². The molecule has 1 atom stereocenters. The van der Waals surface area contributed by atoms with Crippen molar-refractivity contribution < 1.29 is 5.21 Å². The van der Waals surface area contributed by atoms with E-state index in [2.05, 4.69) is 17.0 Å². The highest BCUT2D eigenvalue weighted by atomic mass is 16.4. The molecule has 0 amide bonds. The van der Waals surface area contributed by atoms with Crippen LogP contribution in [0.5, 0.6) is 0 Å². The summed E-state index contributed by atoms with van der Waals surface area (Å²) in [6.07, 6.45) is 5.05. The lowest BCUT2D eigenvalue weighted by Gasteiger charge is -2.25. The summed E-state index contributed by atoms with van der Waals surface area (Å²) in [6, 6.07) is 0.558. The Hall–Kier alpha value is -0.770. The third-order valence-corrected chi connectivity index (χ3v) is 2.68. The van der Waals surface area contributed by atoms with Crippen LogP contribution in [0.15, 0.2) is 5.16 Å². The number of amidine groups is 1. The second kappa shape index (κ2) is 5.07. The Morgan fingerprint density at radius 3 is 3.00 bits per heavy atom. The predicted octanol–water partition coefficient (Wildman–Crippen LogP) is 0.997. The molecule has 4 nitrogen and oxygen atoms in total. The fraction of sp³-hybridized carbons (Fsp3) is 0.889. The van der Waals surface area contributed by atoms with E-state index in [-0.39, 0.29) is 0 Å². The van der Waals surface area contributed by atoms with Crippen LogP contribution in [0, 0.1) is 0 Å². The molecule has 0 radical (unpaired) electrons. The monoisotopic (exact) mass is 185 g/mol. The molecule has 1 rings (SSSR count). The van der Waals surface area contributed by atoms with Crippen LogP contribution in [0.25, 0.3) is 0 Å². The summed E-state index contributed by atoms with van der Waals surface area (Å²) < 4.78 is 0. The van der Waals surface area contributed by atoms with Crippen LogP contribution >= 0.6 is 0 Å². The van der Waals surface area contributed by atoms with Crippen LogP contribution in [0.2, 0.25) is 0 Å². The number of oxime groups is 1. The van der Waals surface area contributed by atoms with E-state index in [4.69, 9.17) is 10.9 Å². The van der Waals surface area contributed by atoms with Crippen molar-refractivity contribution in [3.8, 4) is 0 Å². The third-order valence-electron chi connectivity index (χ3n) is 2.68. The Labute approximate surface area is 79.4 Å². The summed E-state index contributed by atoms with van der Waals surface area (Å²) >= 11 is 0. The fourth-order valence-electron chi connectivity index (χ4n) is 1.81. The fourth-order valence-corrected chi connectivity index (χ4v) is 1.81. The number of hydrogen-bond donors (Lipinski definition) is 2. The van der Waals surface area contributed by atoms with Gasteiger partial charge in [-0.15, -0.1) is 0 Å². The van der Waals surface area contributed by atoms with Crippen LogP contribution < -0.4 is 5.73 Å². The van der Waals surface area contributed by atoms with Gasteiger partial charge in [-0.2, -0.15) is 0 Å². The van der Waals surface area contributed by atoms with Gasteiger partial charge in [-0.05, 0) is 26.3 Å². The second-order valence-electron chi connectivity index (χ2n) is 3.76. The first kappa shape index (κ1) is 10.3. The summed E-state index contributed by atoms with van der Waals surface area (Å²) in [4.78, 5) is 2.28. The zero-order valence-corrected chi connectivity index (χ0v) is 8.24. The summed E-state index contributed by atoms with van der Waals surface area (Å²) in [5.74, 6) is 0.314. The molecular weight excluding hydrogens is 166 g/mol. The number of nitrogens with two attached hydrogens (primary N) is 1. The lowest BCUT2D eigenvalue weighted by molar-refractivity contribution is 0.238. The van der Waals surface area contributed by atoms with Crippen molar-refractivity contribution in [1.82, 2.24) is 4.90 Å². The molecule has 0 saturated carbocycles. The number of hydrogen-bond acceptors (Lipinski definition) is 3. The minimum atomic E-state index is 0.314. The van der Waals surface area contributed by atoms with Gasteiger partial charge in [0.15, 0.2) is 5.84 Å². The molecule has 0 bridgehead atoms. The molecule has 1 saturated heterocycles. The van der Waals surface area contributed by atoms with E-state index in [1.54, 1.807) is 0 Å². The number of nitrogens with zero attached hydrogens (tertiary/aromatic N) is 2. The summed E-state index contributed by atoms with van der Waals surface area (Å²) in [6.45, 7) is 3.87. The summed E-state index contributed by atoms with van der Waals surface area (Å²) in [5, 5.41) is 11.5. The molecule has 1 heterocycles. The van der Waals surface area contributed by atoms with E-state index >= 15 is 0 Å². The zero-order valence-electron chi connectivity index (χ0n) is 8.24. The van der Waals surface area contributed by atoms with Crippen molar-refractivity contribution in [3.05, 3.63) is 0 Å². The predicted molar refractivity (Wildman–Crippen MR) is 52.9 cm³/mol. The molecule has 1 fully saturated rings. The van der Waals surface area contributed by atoms with E-state index in [0.717, 1.165) is 6.54 Å². The smallest absolute Gasteiger partial charge is 0.153 e. The average molecular weight is 185 g/mol. The van der Waals surface area contributed by atoms with E-state index < -0.39 is 0 Å². The van der Waals surface area contributed by atoms with Crippen molar-refractivity contribution in [1.29, 1.82) is 0 Å². The van der Waals surface area contributed by atoms with Crippen molar-refractivity contribution in [2.75, 3.05) is 13.1 Å². The van der Waals surface area contributed by atoms with Crippen LogP contribution in [-0.2, 0) is 0 Å². The molecule has 0 aromatic carbocycles. The van der Waals surface area contributed by atoms with Gasteiger partial charge < -0.3 is 10.9 Å². The first-order valence-electron chi connectivity index (χ1n) is 4.94. The summed E-state index contributed by atoms with van der Waals surface area (Å²) in [5.41, 5.74) is 5.48. The van der Waals surface area contributed by atoms with E-state index in [1.165, 1.54) is 25.7 Å². The largest absolute Gasteiger partial charge is 0.409 e. The number of likely N-dealkylation sites (tertiary alicyclic amines) is 1. The van der Waals surface area contributed by atoms with Crippen molar-refractivity contribution >= 4 is 5.84 Å². The molecule has 0 spiro atoms. The lowest BCUT2D eigenvalue weighted by Crippen LogP contribution is -2.39. The molecule has 1 aliphatic rings. The Balaban J connectivity index is 2.45. The highest BCUT2D eigenvalue weighted by Gasteiger charge is 2.17. The Kier molecular flexibility index (Phi) is 4.02. The quantitative estimate of drug-likeness (QED) is 0.292. The molecule has 0 aliphatic carbocycles. The van der Waals surface area contributed by atoms with Gasteiger partial charge in [-0.25, -0.2) is 0 Å². The van der Waals surface area contributed by atoms with E-state index in [9.17, 15) is 0 Å². The zero-order chi connectivity index (χ0) is 9.68. The minimum absolute atomic E-state index is 0.314. The molecular formula is C9H19N3O. The lowest BCUT2D eigenvalue weighted by atomic mass is 10.1. The first-order chi connectivity index (χ1) is 6.24. The van der Waals surface area contributed by atoms with E-state index in [0.29, 0.717) is 18.4 Å². The molecule has 13 heavy (non-hydrogen) atoms. The van der Waals surface area contributed by atoms with Crippen LogP contribution in [0.3, 0.4) is 0 Å². The molecule has 76 valence electrons. The number of rotatable bonds is 2. The topological polar surface area (TPSA) is 61.8 Å². The molecule has 4 heteroatoms. The normalized spacial score (nSPS) is 27.2. The van der Waals surface area contributed by atoms with Crippen LogP contribution in [0.4, 0.5) is 0 Å². The van der Waals surface area contributed by atoms with Crippen molar-refractivity contribution in [3.63, 3.8) is 0 Å². The molecule has 0 aromatic rings. The minimum Gasteiger partial charge on any atom is -0.409 e. The van der Waals surface area contributed by atoms with Crippen LogP contribution in [0.1, 0.15) is 32.6 Å². The van der Waals surface area contributed by atoms with Gasteiger partial charge in [0.1, 0.15) is 0 Å². The highest BCUT2D eigenvalue weighted by molar-refractivity contribution is 5.81.